The highest BCUT2D eigenvalue weighted by Crippen LogP contribution is 2.44. The SMILES string of the molecule is C[C@@H]1C[C@](CCN)(Cc2ccccc2)[C@@H](C)CN1C. The third-order valence-corrected chi connectivity index (χ3v) is 5.10. The van der Waals surface area contributed by atoms with Gasteiger partial charge in [-0.25, -0.2) is 0 Å². The molecule has 19 heavy (non-hydrogen) atoms. The van der Waals surface area contributed by atoms with Gasteiger partial charge < -0.3 is 10.6 Å². The maximum absolute atomic E-state index is 5.93. The van der Waals surface area contributed by atoms with E-state index in [1.165, 1.54) is 24.9 Å². The Kier molecular flexibility index (Phi) is 4.64. The number of hydrogen-bond acceptors (Lipinski definition) is 2. The van der Waals surface area contributed by atoms with Crippen molar-refractivity contribution in [1.29, 1.82) is 0 Å². The summed E-state index contributed by atoms with van der Waals surface area (Å²) in [6.45, 7) is 6.74. The Morgan fingerprint density at radius 3 is 2.58 bits per heavy atom. The summed E-state index contributed by atoms with van der Waals surface area (Å²) in [5.74, 6) is 0.706. The van der Waals surface area contributed by atoms with E-state index in [4.69, 9.17) is 5.73 Å². The number of piperidine rings is 1. The zero-order chi connectivity index (χ0) is 13.9. The molecule has 0 saturated carbocycles. The molecule has 0 unspecified atom stereocenters. The van der Waals surface area contributed by atoms with Crippen molar-refractivity contribution in [2.24, 2.45) is 17.1 Å². The molecule has 2 heteroatoms. The Bertz CT molecular complexity index is 390. The highest BCUT2D eigenvalue weighted by molar-refractivity contribution is 5.17. The maximum atomic E-state index is 5.93. The van der Waals surface area contributed by atoms with E-state index in [-0.39, 0.29) is 0 Å². The first-order valence-corrected chi connectivity index (χ1v) is 7.51. The summed E-state index contributed by atoms with van der Waals surface area (Å²) in [4.78, 5) is 2.49. The van der Waals surface area contributed by atoms with Gasteiger partial charge in [0.25, 0.3) is 0 Å². The zero-order valence-corrected chi connectivity index (χ0v) is 12.6. The lowest BCUT2D eigenvalue weighted by molar-refractivity contribution is 0.0148. The summed E-state index contributed by atoms with van der Waals surface area (Å²) in [6, 6.07) is 11.6. The molecule has 0 aliphatic carbocycles. The normalized spacial score (nSPS) is 32.4. The summed E-state index contributed by atoms with van der Waals surface area (Å²) < 4.78 is 0. The van der Waals surface area contributed by atoms with Crippen molar-refractivity contribution in [2.45, 2.75) is 39.2 Å². The first-order chi connectivity index (χ1) is 9.07. The standard InChI is InChI=1S/C17H28N2/c1-14-13-19(3)15(2)11-17(14,9-10-18)12-16-7-5-4-6-8-16/h4-8,14-15H,9-13,18H2,1-3H3/t14-,15+,17+/m0/s1. The van der Waals surface area contributed by atoms with Crippen molar-refractivity contribution in [1.82, 2.24) is 4.90 Å². The van der Waals surface area contributed by atoms with Gasteiger partial charge in [-0.3, -0.25) is 0 Å². The number of rotatable bonds is 4. The molecule has 2 nitrogen and oxygen atoms in total. The lowest BCUT2D eigenvalue weighted by Gasteiger charge is -2.49. The minimum Gasteiger partial charge on any atom is -0.330 e. The van der Waals surface area contributed by atoms with Crippen LogP contribution in [0.4, 0.5) is 0 Å². The van der Waals surface area contributed by atoms with Crippen LogP contribution in [0.15, 0.2) is 30.3 Å². The number of nitrogens with zero attached hydrogens (tertiary/aromatic N) is 1. The molecule has 0 amide bonds. The molecule has 2 rings (SSSR count). The van der Waals surface area contributed by atoms with Gasteiger partial charge in [0.15, 0.2) is 0 Å². The first-order valence-electron chi connectivity index (χ1n) is 7.51. The molecule has 0 radical (unpaired) electrons. The molecule has 3 atom stereocenters. The number of likely N-dealkylation sites (tertiary alicyclic amines) is 1. The molecule has 0 aromatic heterocycles. The van der Waals surface area contributed by atoms with Gasteiger partial charge in [0, 0.05) is 12.6 Å². The van der Waals surface area contributed by atoms with Crippen molar-refractivity contribution in [3.05, 3.63) is 35.9 Å². The molecule has 1 saturated heterocycles. The van der Waals surface area contributed by atoms with Crippen LogP contribution < -0.4 is 5.73 Å². The topological polar surface area (TPSA) is 29.3 Å². The Hall–Kier alpha value is -0.860. The Balaban J connectivity index is 2.21. The van der Waals surface area contributed by atoms with Crippen LogP contribution in [0.2, 0.25) is 0 Å². The second-order valence-electron chi connectivity index (χ2n) is 6.46. The molecule has 1 aromatic rings. The van der Waals surface area contributed by atoms with Gasteiger partial charge in [0.2, 0.25) is 0 Å². The van der Waals surface area contributed by atoms with Gasteiger partial charge in [-0.15, -0.1) is 0 Å². The predicted octanol–water partition coefficient (Wildman–Crippen LogP) is 2.92. The van der Waals surface area contributed by atoms with E-state index in [0.29, 0.717) is 17.4 Å². The third-order valence-electron chi connectivity index (χ3n) is 5.10. The van der Waals surface area contributed by atoms with Gasteiger partial charge in [-0.2, -0.15) is 0 Å². The molecule has 1 aliphatic heterocycles. The van der Waals surface area contributed by atoms with E-state index in [1.807, 2.05) is 0 Å². The van der Waals surface area contributed by atoms with Crippen molar-refractivity contribution in [3.63, 3.8) is 0 Å². The molecule has 1 aliphatic rings. The summed E-state index contributed by atoms with van der Waals surface area (Å²) in [7, 11) is 2.25. The van der Waals surface area contributed by atoms with Crippen molar-refractivity contribution >= 4 is 0 Å². The highest BCUT2D eigenvalue weighted by atomic mass is 15.1. The Morgan fingerprint density at radius 2 is 1.95 bits per heavy atom. The fourth-order valence-electron chi connectivity index (χ4n) is 3.72. The van der Waals surface area contributed by atoms with E-state index in [1.54, 1.807) is 0 Å². The maximum Gasteiger partial charge on any atom is 0.00695 e. The van der Waals surface area contributed by atoms with Gasteiger partial charge in [0.05, 0.1) is 0 Å². The smallest absolute Gasteiger partial charge is 0.00695 e. The first kappa shape index (κ1) is 14.5. The summed E-state index contributed by atoms with van der Waals surface area (Å²) in [5.41, 5.74) is 7.76. The molecular formula is C17H28N2. The largest absolute Gasteiger partial charge is 0.330 e. The third kappa shape index (κ3) is 3.18. The molecule has 106 valence electrons. The van der Waals surface area contributed by atoms with Crippen molar-refractivity contribution in [3.8, 4) is 0 Å². The lowest BCUT2D eigenvalue weighted by atomic mass is 9.64. The monoisotopic (exact) mass is 260 g/mol. The van der Waals surface area contributed by atoms with Crippen LogP contribution >= 0.6 is 0 Å². The van der Waals surface area contributed by atoms with Crippen LogP contribution in [0.5, 0.6) is 0 Å². The Morgan fingerprint density at radius 1 is 1.26 bits per heavy atom. The Labute approximate surface area is 118 Å². The molecule has 0 bridgehead atoms. The van der Waals surface area contributed by atoms with E-state index in [2.05, 4.69) is 56.1 Å². The van der Waals surface area contributed by atoms with Crippen LogP contribution in [-0.4, -0.2) is 31.1 Å². The molecule has 2 N–H and O–H groups in total. The predicted molar refractivity (Wildman–Crippen MR) is 82.1 cm³/mol. The number of hydrogen-bond donors (Lipinski definition) is 1. The second kappa shape index (κ2) is 6.06. The summed E-state index contributed by atoms with van der Waals surface area (Å²) in [5, 5.41) is 0. The van der Waals surface area contributed by atoms with Gasteiger partial charge in [-0.05, 0) is 56.7 Å². The second-order valence-corrected chi connectivity index (χ2v) is 6.46. The molecule has 0 spiro atoms. The van der Waals surface area contributed by atoms with Crippen LogP contribution in [0.1, 0.15) is 32.3 Å². The number of nitrogens with two attached hydrogens (primary N) is 1. The average Bonchev–Trinajstić information content (AvgIpc) is 2.38. The molecule has 1 aromatic carbocycles. The molecule has 1 fully saturated rings. The van der Waals surface area contributed by atoms with Crippen LogP contribution in [0.3, 0.4) is 0 Å². The van der Waals surface area contributed by atoms with Crippen molar-refractivity contribution < 1.29 is 0 Å². The van der Waals surface area contributed by atoms with E-state index in [9.17, 15) is 0 Å². The minimum absolute atomic E-state index is 0.377. The molecule has 1 heterocycles. The van der Waals surface area contributed by atoms with E-state index >= 15 is 0 Å². The van der Waals surface area contributed by atoms with Crippen LogP contribution in [0, 0.1) is 11.3 Å². The summed E-state index contributed by atoms with van der Waals surface area (Å²) in [6.07, 6.45) is 3.57. The number of benzene rings is 1. The van der Waals surface area contributed by atoms with E-state index in [0.717, 1.165) is 13.0 Å². The zero-order valence-electron chi connectivity index (χ0n) is 12.6. The quantitative estimate of drug-likeness (QED) is 0.902. The average molecular weight is 260 g/mol. The highest BCUT2D eigenvalue weighted by Gasteiger charge is 2.41. The fraction of sp³-hybridized carbons (Fsp3) is 0.647. The van der Waals surface area contributed by atoms with Gasteiger partial charge in [0.1, 0.15) is 0 Å². The molecular weight excluding hydrogens is 232 g/mol. The van der Waals surface area contributed by atoms with Crippen LogP contribution in [0.25, 0.3) is 0 Å². The van der Waals surface area contributed by atoms with Crippen molar-refractivity contribution in [2.75, 3.05) is 20.1 Å². The summed E-state index contributed by atoms with van der Waals surface area (Å²) >= 11 is 0. The minimum atomic E-state index is 0.377. The van der Waals surface area contributed by atoms with E-state index < -0.39 is 0 Å². The van der Waals surface area contributed by atoms with Gasteiger partial charge in [-0.1, -0.05) is 37.3 Å². The lowest BCUT2D eigenvalue weighted by Crippen LogP contribution is -2.50. The van der Waals surface area contributed by atoms with Gasteiger partial charge >= 0.3 is 0 Å². The fourth-order valence-corrected chi connectivity index (χ4v) is 3.72. The van der Waals surface area contributed by atoms with Crippen LogP contribution in [-0.2, 0) is 6.42 Å².